The summed E-state index contributed by atoms with van der Waals surface area (Å²) in [6, 6.07) is 2.86. The number of nitrogens with zero attached hydrogens (tertiary/aromatic N) is 1. The van der Waals surface area contributed by atoms with Gasteiger partial charge in [0.15, 0.2) is 0 Å². The molecule has 1 aliphatic rings. The van der Waals surface area contributed by atoms with Gasteiger partial charge in [0.1, 0.15) is 0 Å². The highest BCUT2D eigenvalue weighted by Crippen LogP contribution is 2.19. The van der Waals surface area contributed by atoms with Crippen LogP contribution in [0.15, 0.2) is 15.9 Å². The van der Waals surface area contributed by atoms with E-state index < -0.39 is 0 Å². The molecule has 3 nitrogen and oxygen atoms in total. The maximum atomic E-state index is 3.57. The lowest BCUT2D eigenvalue weighted by atomic mass is 10.2. The van der Waals surface area contributed by atoms with Crippen molar-refractivity contribution in [3.8, 4) is 0 Å². The highest BCUT2D eigenvalue weighted by Gasteiger charge is 2.15. The standard InChI is InChI=1S/C13H22BrN3S/c1-11(17-6-4-15-5-7-17)9-16-3-2-13-8-12(14)10-18-13/h8,10-11,15-16H,2-7,9H2,1H3. The molecule has 1 saturated heterocycles. The monoisotopic (exact) mass is 331 g/mol. The Labute approximate surface area is 122 Å². The van der Waals surface area contributed by atoms with Gasteiger partial charge in [0.05, 0.1) is 0 Å². The lowest BCUT2D eigenvalue weighted by Crippen LogP contribution is -2.50. The maximum Gasteiger partial charge on any atom is 0.0285 e. The van der Waals surface area contributed by atoms with Gasteiger partial charge in [-0.05, 0) is 35.3 Å². The molecule has 1 fully saturated rings. The summed E-state index contributed by atoms with van der Waals surface area (Å²) in [5, 5.41) is 9.12. The largest absolute Gasteiger partial charge is 0.315 e. The summed E-state index contributed by atoms with van der Waals surface area (Å²) >= 11 is 5.32. The van der Waals surface area contributed by atoms with E-state index in [4.69, 9.17) is 0 Å². The summed E-state index contributed by atoms with van der Waals surface area (Å²) in [7, 11) is 0. The van der Waals surface area contributed by atoms with Crippen LogP contribution in [-0.4, -0.2) is 50.2 Å². The quantitative estimate of drug-likeness (QED) is 0.780. The first-order valence-corrected chi connectivity index (χ1v) is 8.31. The van der Waals surface area contributed by atoms with Crippen LogP contribution in [0.25, 0.3) is 0 Å². The molecule has 0 amide bonds. The minimum Gasteiger partial charge on any atom is -0.315 e. The molecule has 1 atom stereocenters. The van der Waals surface area contributed by atoms with Crippen LogP contribution in [0.3, 0.4) is 0 Å². The predicted octanol–water partition coefficient (Wildman–Crippen LogP) is 1.94. The van der Waals surface area contributed by atoms with Gasteiger partial charge >= 0.3 is 0 Å². The summed E-state index contributed by atoms with van der Waals surface area (Å²) in [6.07, 6.45) is 1.13. The number of hydrogen-bond acceptors (Lipinski definition) is 4. The first kappa shape index (κ1) is 14.5. The van der Waals surface area contributed by atoms with E-state index >= 15 is 0 Å². The second-order valence-electron chi connectivity index (χ2n) is 4.82. The van der Waals surface area contributed by atoms with Crippen molar-refractivity contribution < 1.29 is 0 Å². The number of nitrogens with one attached hydrogen (secondary N) is 2. The van der Waals surface area contributed by atoms with Crippen molar-refractivity contribution in [2.24, 2.45) is 0 Å². The van der Waals surface area contributed by atoms with Crippen molar-refractivity contribution in [3.63, 3.8) is 0 Å². The van der Waals surface area contributed by atoms with Crippen LogP contribution >= 0.6 is 27.3 Å². The van der Waals surface area contributed by atoms with Gasteiger partial charge in [0, 0.05) is 60.0 Å². The van der Waals surface area contributed by atoms with Crippen molar-refractivity contribution in [2.75, 3.05) is 39.3 Å². The molecular weight excluding hydrogens is 310 g/mol. The van der Waals surface area contributed by atoms with Gasteiger partial charge in [0.2, 0.25) is 0 Å². The fraction of sp³-hybridized carbons (Fsp3) is 0.692. The van der Waals surface area contributed by atoms with E-state index in [1.165, 1.54) is 22.4 Å². The molecule has 1 aromatic rings. The number of thiophene rings is 1. The number of hydrogen-bond donors (Lipinski definition) is 2. The number of halogens is 1. The van der Waals surface area contributed by atoms with E-state index in [2.05, 4.69) is 49.8 Å². The van der Waals surface area contributed by atoms with Crippen LogP contribution in [0.2, 0.25) is 0 Å². The molecule has 0 bridgehead atoms. The second-order valence-corrected chi connectivity index (χ2v) is 6.73. The average molecular weight is 332 g/mol. The minimum atomic E-state index is 0.641. The van der Waals surface area contributed by atoms with Crippen LogP contribution in [0.1, 0.15) is 11.8 Å². The molecule has 0 saturated carbocycles. The Morgan fingerprint density at radius 3 is 2.94 bits per heavy atom. The highest BCUT2D eigenvalue weighted by molar-refractivity contribution is 9.10. The fourth-order valence-electron chi connectivity index (χ4n) is 2.26. The van der Waals surface area contributed by atoms with Crippen molar-refractivity contribution in [1.82, 2.24) is 15.5 Å². The summed E-state index contributed by atoms with van der Waals surface area (Å²) in [6.45, 7) is 9.11. The molecule has 18 heavy (non-hydrogen) atoms. The topological polar surface area (TPSA) is 27.3 Å². The molecule has 102 valence electrons. The van der Waals surface area contributed by atoms with E-state index in [9.17, 15) is 0 Å². The van der Waals surface area contributed by atoms with Crippen molar-refractivity contribution >= 4 is 27.3 Å². The van der Waals surface area contributed by atoms with Gasteiger partial charge in [-0.25, -0.2) is 0 Å². The molecular formula is C13H22BrN3S. The zero-order chi connectivity index (χ0) is 12.8. The Balaban J connectivity index is 1.59. The summed E-state index contributed by atoms with van der Waals surface area (Å²) < 4.78 is 1.21. The van der Waals surface area contributed by atoms with Gasteiger partial charge < -0.3 is 10.6 Å². The lowest BCUT2D eigenvalue weighted by molar-refractivity contribution is 0.181. The maximum absolute atomic E-state index is 3.57. The van der Waals surface area contributed by atoms with Gasteiger partial charge in [-0.1, -0.05) is 0 Å². The molecule has 0 radical (unpaired) electrons. The van der Waals surface area contributed by atoms with Crippen LogP contribution in [0.5, 0.6) is 0 Å². The third-order valence-corrected chi connectivity index (χ3v) is 5.14. The Bertz CT molecular complexity index is 350. The van der Waals surface area contributed by atoms with E-state index in [1.54, 1.807) is 0 Å². The predicted molar refractivity (Wildman–Crippen MR) is 82.5 cm³/mol. The van der Waals surface area contributed by atoms with Crippen molar-refractivity contribution in [2.45, 2.75) is 19.4 Å². The van der Waals surface area contributed by atoms with Crippen molar-refractivity contribution in [1.29, 1.82) is 0 Å². The van der Waals surface area contributed by atoms with Crippen LogP contribution < -0.4 is 10.6 Å². The summed E-state index contributed by atoms with van der Waals surface area (Å²) in [5.41, 5.74) is 0. The zero-order valence-corrected chi connectivity index (χ0v) is 13.3. The molecule has 0 spiro atoms. The molecule has 0 aromatic carbocycles. The molecule has 2 rings (SSSR count). The molecule has 0 aliphatic carbocycles. The SMILES string of the molecule is CC(CNCCc1cc(Br)cs1)N1CCNCC1. The Hall–Kier alpha value is 0.0600. The first-order chi connectivity index (χ1) is 8.75. The van der Waals surface area contributed by atoms with Gasteiger partial charge in [-0.2, -0.15) is 0 Å². The fourth-order valence-corrected chi connectivity index (χ4v) is 3.71. The van der Waals surface area contributed by atoms with Gasteiger partial charge in [0.25, 0.3) is 0 Å². The third kappa shape index (κ3) is 4.63. The second kappa shape index (κ2) is 7.60. The smallest absolute Gasteiger partial charge is 0.0285 e. The zero-order valence-electron chi connectivity index (χ0n) is 10.9. The van der Waals surface area contributed by atoms with Crippen LogP contribution in [0, 0.1) is 0 Å². The van der Waals surface area contributed by atoms with E-state index in [-0.39, 0.29) is 0 Å². The molecule has 2 N–H and O–H groups in total. The first-order valence-electron chi connectivity index (χ1n) is 6.64. The lowest BCUT2D eigenvalue weighted by Gasteiger charge is -2.32. The average Bonchev–Trinajstić information content (AvgIpc) is 2.81. The molecule has 1 aliphatic heterocycles. The van der Waals surface area contributed by atoms with Crippen LogP contribution in [0.4, 0.5) is 0 Å². The highest BCUT2D eigenvalue weighted by atomic mass is 79.9. The van der Waals surface area contributed by atoms with E-state index in [0.29, 0.717) is 6.04 Å². The van der Waals surface area contributed by atoms with E-state index in [1.807, 2.05) is 11.3 Å². The van der Waals surface area contributed by atoms with Gasteiger partial charge in [-0.15, -0.1) is 11.3 Å². The summed E-state index contributed by atoms with van der Waals surface area (Å²) in [4.78, 5) is 4.01. The molecule has 2 heterocycles. The third-order valence-electron chi connectivity index (χ3n) is 3.38. The molecule has 1 unspecified atom stereocenters. The molecule has 5 heteroatoms. The number of rotatable bonds is 6. The van der Waals surface area contributed by atoms with Crippen molar-refractivity contribution in [3.05, 3.63) is 20.8 Å². The normalized spacial score (nSPS) is 19.0. The van der Waals surface area contributed by atoms with Gasteiger partial charge in [-0.3, -0.25) is 4.90 Å². The summed E-state index contributed by atoms with van der Waals surface area (Å²) in [5.74, 6) is 0. The number of piperazine rings is 1. The Morgan fingerprint density at radius 2 is 2.28 bits per heavy atom. The minimum absolute atomic E-state index is 0.641. The molecule has 1 aromatic heterocycles. The Morgan fingerprint density at radius 1 is 1.50 bits per heavy atom. The Kier molecular flexibility index (Phi) is 6.11. The van der Waals surface area contributed by atoms with E-state index in [0.717, 1.165) is 32.6 Å². The van der Waals surface area contributed by atoms with Crippen LogP contribution in [-0.2, 0) is 6.42 Å².